The van der Waals surface area contributed by atoms with Crippen molar-refractivity contribution >= 4 is 15.7 Å². The van der Waals surface area contributed by atoms with Crippen LogP contribution in [0, 0.1) is 17.7 Å². The fraction of sp³-hybridized carbons (Fsp3) is 0.611. The number of rotatable bonds is 4. The molecular weight excluding hydrogens is 343 g/mol. The molecule has 2 saturated heterocycles. The number of carbonyl (C=O) groups excluding carboxylic acids is 1. The zero-order valence-corrected chi connectivity index (χ0v) is 15.4. The molecule has 0 aromatic heterocycles. The van der Waals surface area contributed by atoms with E-state index >= 15 is 0 Å². The van der Waals surface area contributed by atoms with Gasteiger partial charge in [0.25, 0.3) is 0 Å². The number of hydrogen-bond donors (Lipinski definition) is 1. The first-order valence-electron chi connectivity index (χ1n) is 8.75. The number of nitrogens with one attached hydrogen (secondary N) is 1. The summed E-state index contributed by atoms with van der Waals surface area (Å²) in [6, 6.07) is 6.57. The highest BCUT2D eigenvalue weighted by molar-refractivity contribution is 7.92. The normalized spacial score (nSPS) is 28.7. The van der Waals surface area contributed by atoms with E-state index in [1.165, 1.54) is 6.07 Å². The molecule has 0 radical (unpaired) electrons. The maximum absolute atomic E-state index is 13.9. The molecule has 3 atom stereocenters. The number of likely N-dealkylation sites (tertiary alicyclic amines) is 1. The lowest BCUT2D eigenvalue weighted by molar-refractivity contribution is -0.127. The first kappa shape index (κ1) is 18.3. The van der Waals surface area contributed by atoms with E-state index < -0.39 is 15.1 Å². The SMILES string of the molecule is CC(C)NC(=O)[C@@H]1CCS(=O)(=O)[C@H]2CN(Cc3ccccc3F)C[C@@H]12. The molecule has 2 aliphatic heterocycles. The Bertz CT molecular complexity index is 750. The molecule has 1 amide bonds. The summed E-state index contributed by atoms with van der Waals surface area (Å²) in [5.74, 6) is -0.800. The highest BCUT2D eigenvalue weighted by Gasteiger charge is 2.50. The Hall–Kier alpha value is -1.47. The first-order valence-corrected chi connectivity index (χ1v) is 10.5. The summed E-state index contributed by atoms with van der Waals surface area (Å²) in [7, 11) is -3.21. The molecule has 138 valence electrons. The van der Waals surface area contributed by atoms with Gasteiger partial charge in [-0.15, -0.1) is 0 Å². The number of carbonyl (C=O) groups is 1. The molecule has 7 heteroatoms. The van der Waals surface area contributed by atoms with Crippen LogP contribution in [-0.2, 0) is 21.2 Å². The minimum Gasteiger partial charge on any atom is -0.354 e. The van der Waals surface area contributed by atoms with Crippen LogP contribution >= 0.6 is 0 Å². The highest BCUT2D eigenvalue weighted by atomic mass is 32.2. The number of nitrogens with zero attached hydrogens (tertiary/aromatic N) is 1. The molecule has 1 aromatic carbocycles. The van der Waals surface area contributed by atoms with Gasteiger partial charge in [-0.1, -0.05) is 18.2 Å². The third-order valence-electron chi connectivity index (χ3n) is 5.20. The Morgan fingerprint density at radius 2 is 2.04 bits per heavy atom. The lowest BCUT2D eigenvalue weighted by Gasteiger charge is -2.32. The molecule has 5 nitrogen and oxygen atoms in total. The highest BCUT2D eigenvalue weighted by Crippen LogP contribution is 2.37. The Kier molecular flexibility index (Phi) is 5.16. The average Bonchev–Trinajstić information content (AvgIpc) is 2.94. The summed E-state index contributed by atoms with van der Waals surface area (Å²) in [5, 5.41) is 2.38. The van der Waals surface area contributed by atoms with Crippen LogP contribution in [0.2, 0.25) is 0 Å². The topological polar surface area (TPSA) is 66.5 Å². The first-order chi connectivity index (χ1) is 11.8. The van der Waals surface area contributed by atoms with Crippen molar-refractivity contribution in [2.75, 3.05) is 18.8 Å². The molecule has 0 spiro atoms. The third kappa shape index (κ3) is 3.87. The fourth-order valence-electron chi connectivity index (χ4n) is 4.02. The quantitative estimate of drug-likeness (QED) is 0.876. The second-order valence-corrected chi connectivity index (χ2v) is 9.75. The van der Waals surface area contributed by atoms with Crippen LogP contribution in [0.3, 0.4) is 0 Å². The number of hydrogen-bond acceptors (Lipinski definition) is 4. The molecule has 0 saturated carbocycles. The van der Waals surface area contributed by atoms with E-state index in [-0.39, 0.29) is 35.4 Å². The van der Waals surface area contributed by atoms with E-state index in [1.54, 1.807) is 18.2 Å². The lowest BCUT2D eigenvalue weighted by Crippen LogP contribution is -2.48. The zero-order chi connectivity index (χ0) is 18.2. The van der Waals surface area contributed by atoms with E-state index in [4.69, 9.17) is 0 Å². The van der Waals surface area contributed by atoms with E-state index in [9.17, 15) is 17.6 Å². The van der Waals surface area contributed by atoms with Crippen molar-refractivity contribution in [1.82, 2.24) is 10.2 Å². The van der Waals surface area contributed by atoms with Crippen LogP contribution < -0.4 is 5.32 Å². The van der Waals surface area contributed by atoms with E-state index in [0.29, 0.717) is 31.6 Å². The van der Waals surface area contributed by atoms with Gasteiger partial charge < -0.3 is 5.32 Å². The lowest BCUT2D eigenvalue weighted by atomic mass is 9.87. The molecule has 2 heterocycles. The maximum atomic E-state index is 13.9. The molecular formula is C18H25FN2O3S. The number of benzene rings is 1. The van der Waals surface area contributed by atoms with Gasteiger partial charge in [-0.05, 0) is 26.3 Å². The Labute approximate surface area is 148 Å². The summed E-state index contributed by atoms with van der Waals surface area (Å²) in [5.41, 5.74) is 0.557. The van der Waals surface area contributed by atoms with Crippen molar-refractivity contribution in [2.24, 2.45) is 11.8 Å². The minimum absolute atomic E-state index is 0.0282. The molecule has 1 N–H and O–H groups in total. The Morgan fingerprint density at radius 1 is 1.32 bits per heavy atom. The minimum atomic E-state index is -3.21. The summed E-state index contributed by atoms with van der Waals surface area (Å²) >= 11 is 0. The van der Waals surface area contributed by atoms with Crippen LogP contribution in [0.5, 0.6) is 0 Å². The number of amides is 1. The maximum Gasteiger partial charge on any atom is 0.223 e. The molecule has 0 unspecified atom stereocenters. The molecule has 0 bridgehead atoms. The van der Waals surface area contributed by atoms with Crippen LogP contribution in [0.15, 0.2) is 24.3 Å². The van der Waals surface area contributed by atoms with E-state index in [2.05, 4.69) is 5.32 Å². The van der Waals surface area contributed by atoms with Gasteiger partial charge in [-0.25, -0.2) is 12.8 Å². The number of sulfone groups is 1. The van der Waals surface area contributed by atoms with Crippen molar-refractivity contribution < 1.29 is 17.6 Å². The van der Waals surface area contributed by atoms with Crippen molar-refractivity contribution in [2.45, 2.75) is 38.1 Å². The Morgan fingerprint density at radius 3 is 2.72 bits per heavy atom. The van der Waals surface area contributed by atoms with E-state index in [0.717, 1.165) is 0 Å². The summed E-state index contributed by atoms with van der Waals surface area (Å²) < 4.78 is 38.9. The van der Waals surface area contributed by atoms with Gasteiger partial charge in [-0.2, -0.15) is 0 Å². The van der Waals surface area contributed by atoms with E-state index in [1.807, 2.05) is 18.7 Å². The molecule has 3 rings (SSSR count). The van der Waals surface area contributed by atoms with Gasteiger partial charge in [0, 0.05) is 43.1 Å². The molecule has 0 aliphatic carbocycles. The Balaban J connectivity index is 1.78. The molecule has 1 aromatic rings. The van der Waals surface area contributed by atoms with Crippen molar-refractivity contribution in [3.63, 3.8) is 0 Å². The van der Waals surface area contributed by atoms with Crippen molar-refractivity contribution in [1.29, 1.82) is 0 Å². The van der Waals surface area contributed by atoms with Crippen LogP contribution in [0.1, 0.15) is 25.8 Å². The van der Waals surface area contributed by atoms with Crippen molar-refractivity contribution in [3.05, 3.63) is 35.6 Å². The molecule has 2 aliphatic rings. The standard InChI is InChI=1S/C18H25FN2O3S/c1-12(2)20-18(22)14-7-8-25(23,24)17-11-21(10-15(14)17)9-13-5-3-4-6-16(13)19/h3-6,12,14-15,17H,7-11H2,1-2H3,(H,20,22)/t14-,15+,17+/m1/s1. The average molecular weight is 368 g/mol. The van der Waals surface area contributed by atoms with Crippen molar-refractivity contribution in [3.8, 4) is 0 Å². The van der Waals surface area contributed by atoms with Crippen LogP contribution in [0.25, 0.3) is 0 Å². The number of halogens is 1. The van der Waals surface area contributed by atoms with Crippen LogP contribution in [0.4, 0.5) is 4.39 Å². The zero-order valence-electron chi connectivity index (χ0n) is 14.6. The summed E-state index contributed by atoms with van der Waals surface area (Å²) in [6.07, 6.45) is 0.371. The van der Waals surface area contributed by atoms with Gasteiger partial charge in [0.15, 0.2) is 9.84 Å². The second-order valence-electron chi connectivity index (χ2n) is 7.41. The third-order valence-corrected chi connectivity index (χ3v) is 7.42. The summed E-state index contributed by atoms with van der Waals surface area (Å²) in [4.78, 5) is 14.5. The smallest absolute Gasteiger partial charge is 0.223 e. The monoisotopic (exact) mass is 368 g/mol. The molecule has 25 heavy (non-hydrogen) atoms. The van der Waals surface area contributed by atoms with Gasteiger partial charge in [-0.3, -0.25) is 9.69 Å². The molecule has 2 fully saturated rings. The van der Waals surface area contributed by atoms with Gasteiger partial charge in [0.2, 0.25) is 5.91 Å². The fourth-order valence-corrected chi connectivity index (χ4v) is 6.15. The van der Waals surface area contributed by atoms with Gasteiger partial charge in [0.05, 0.1) is 11.0 Å². The van der Waals surface area contributed by atoms with Crippen LogP contribution in [-0.4, -0.2) is 49.4 Å². The predicted octanol–water partition coefficient (Wildman–Crippen LogP) is 1.59. The van der Waals surface area contributed by atoms with Gasteiger partial charge in [0.1, 0.15) is 5.82 Å². The summed E-state index contributed by atoms with van der Waals surface area (Å²) in [6.45, 7) is 5.04. The largest absolute Gasteiger partial charge is 0.354 e. The van der Waals surface area contributed by atoms with Gasteiger partial charge >= 0.3 is 0 Å². The second kappa shape index (κ2) is 7.03. The number of fused-ring (bicyclic) bond motifs is 1. The predicted molar refractivity (Wildman–Crippen MR) is 94.1 cm³/mol.